The molecule has 0 saturated heterocycles. The molecule has 18 heavy (non-hydrogen) atoms. The smallest absolute Gasteiger partial charge is 0.310 e. The summed E-state index contributed by atoms with van der Waals surface area (Å²) < 4.78 is 4.70. The van der Waals surface area contributed by atoms with Crippen molar-refractivity contribution in [3.8, 4) is 0 Å². The maximum absolute atomic E-state index is 12.1. The molecule has 0 aliphatic heterocycles. The molecule has 0 rings (SSSR count). The number of hydrogen-bond acceptors (Lipinski definition) is 3. The highest BCUT2D eigenvalue weighted by Gasteiger charge is 2.22. The summed E-state index contributed by atoms with van der Waals surface area (Å²) in [6, 6.07) is 0. The first-order valence-corrected chi connectivity index (χ1v) is 6.63. The number of rotatable bonds is 7. The van der Waals surface area contributed by atoms with Crippen molar-refractivity contribution in [1.82, 2.24) is 4.90 Å². The molecule has 0 aromatic heterocycles. The van der Waals surface area contributed by atoms with Gasteiger partial charge in [0.05, 0.1) is 13.0 Å². The van der Waals surface area contributed by atoms with E-state index in [4.69, 9.17) is 4.74 Å². The van der Waals surface area contributed by atoms with Gasteiger partial charge in [-0.25, -0.2) is 0 Å². The molecule has 0 aliphatic carbocycles. The fourth-order valence-electron chi connectivity index (χ4n) is 1.80. The molecule has 0 spiro atoms. The van der Waals surface area contributed by atoms with Gasteiger partial charge >= 0.3 is 5.97 Å². The van der Waals surface area contributed by atoms with E-state index in [9.17, 15) is 9.59 Å². The predicted molar refractivity (Wildman–Crippen MR) is 72.1 cm³/mol. The van der Waals surface area contributed by atoms with Crippen LogP contribution in [0.25, 0.3) is 0 Å². The first kappa shape index (κ1) is 16.9. The lowest BCUT2D eigenvalue weighted by molar-refractivity contribution is -0.146. The fourth-order valence-corrected chi connectivity index (χ4v) is 1.80. The van der Waals surface area contributed by atoms with Gasteiger partial charge in [0.2, 0.25) is 5.91 Å². The quantitative estimate of drug-likeness (QED) is 0.658. The van der Waals surface area contributed by atoms with Crippen LogP contribution >= 0.6 is 0 Å². The summed E-state index contributed by atoms with van der Waals surface area (Å²) in [5.41, 5.74) is 0. The highest BCUT2D eigenvalue weighted by Crippen LogP contribution is 2.10. The molecule has 0 saturated carbocycles. The molecule has 0 bridgehead atoms. The Labute approximate surface area is 111 Å². The SMILES string of the molecule is COC(=O)C(C)CN(CC(C)C)C(=O)CC(C)C. The highest BCUT2D eigenvalue weighted by molar-refractivity contribution is 5.78. The number of amides is 1. The van der Waals surface area contributed by atoms with Crippen LogP contribution in [0.2, 0.25) is 0 Å². The van der Waals surface area contributed by atoms with Crippen molar-refractivity contribution in [2.45, 2.75) is 41.0 Å². The zero-order chi connectivity index (χ0) is 14.3. The van der Waals surface area contributed by atoms with E-state index in [2.05, 4.69) is 13.8 Å². The van der Waals surface area contributed by atoms with Gasteiger partial charge in [0.15, 0.2) is 0 Å². The number of carbonyl (C=O) groups excluding carboxylic acids is 2. The molecule has 1 amide bonds. The van der Waals surface area contributed by atoms with E-state index in [1.165, 1.54) is 7.11 Å². The molecule has 0 aromatic carbocycles. The number of hydrogen-bond donors (Lipinski definition) is 0. The average molecular weight is 257 g/mol. The van der Waals surface area contributed by atoms with Gasteiger partial charge in [-0.05, 0) is 11.8 Å². The lowest BCUT2D eigenvalue weighted by Gasteiger charge is -2.27. The number of esters is 1. The lowest BCUT2D eigenvalue weighted by Crippen LogP contribution is -2.39. The number of ether oxygens (including phenoxy) is 1. The average Bonchev–Trinajstić information content (AvgIpc) is 2.25. The molecular formula is C14H27NO3. The van der Waals surface area contributed by atoms with Crippen LogP contribution in [0, 0.1) is 17.8 Å². The maximum Gasteiger partial charge on any atom is 0.310 e. The van der Waals surface area contributed by atoms with Gasteiger partial charge in [-0.2, -0.15) is 0 Å². The Kier molecular flexibility index (Phi) is 7.64. The zero-order valence-corrected chi connectivity index (χ0v) is 12.5. The van der Waals surface area contributed by atoms with Gasteiger partial charge in [-0.3, -0.25) is 9.59 Å². The van der Waals surface area contributed by atoms with Crippen LogP contribution in [-0.2, 0) is 14.3 Å². The molecule has 1 atom stereocenters. The van der Waals surface area contributed by atoms with Crippen molar-refractivity contribution in [3.05, 3.63) is 0 Å². The van der Waals surface area contributed by atoms with Gasteiger partial charge in [-0.1, -0.05) is 34.6 Å². The summed E-state index contributed by atoms with van der Waals surface area (Å²) in [5, 5.41) is 0. The van der Waals surface area contributed by atoms with Crippen LogP contribution < -0.4 is 0 Å². The first-order chi connectivity index (χ1) is 8.27. The van der Waals surface area contributed by atoms with E-state index in [0.717, 1.165) is 0 Å². The Morgan fingerprint density at radius 2 is 1.56 bits per heavy atom. The molecule has 0 N–H and O–H groups in total. The summed E-state index contributed by atoms with van der Waals surface area (Å²) in [6.07, 6.45) is 0.528. The first-order valence-electron chi connectivity index (χ1n) is 6.63. The van der Waals surface area contributed by atoms with E-state index < -0.39 is 0 Å². The van der Waals surface area contributed by atoms with E-state index >= 15 is 0 Å². The largest absolute Gasteiger partial charge is 0.469 e. The third-order valence-electron chi connectivity index (χ3n) is 2.62. The van der Waals surface area contributed by atoms with Crippen molar-refractivity contribution in [1.29, 1.82) is 0 Å². The van der Waals surface area contributed by atoms with Crippen LogP contribution in [0.3, 0.4) is 0 Å². The second-order valence-corrected chi connectivity index (χ2v) is 5.71. The Morgan fingerprint density at radius 3 is 1.94 bits per heavy atom. The van der Waals surface area contributed by atoms with Gasteiger partial charge in [-0.15, -0.1) is 0 Å². The van der Waals surface area contributed by atoms with Crippen molar-refractivity contribution in [2.24, 2.45) is 17.8 Å². The highest BCUT2D eigenvalue weighted by atomic mass is 16.5. The molecule has 0 radical (unpaired) electrons. The minimum atomic E-state index is -0.273. The molecule has 0 aromatic rings. The Hall–Kier alpha value is -1.06. The van der Waals surface area contributed by atoms with Crippen LogP contribution in [0.1, 0.15) is 41.0 Å². The lowest BCUT2D eigenvalue weighted by atomic mass is 10.1. The monoisotopic (exact) mass is 257 g/mol. The third-order valence-corrected chi connectivity index (χ3v) is 2.62. The van der Waals surface area contributed by atoms with E-state index in [0.29, 0.717) is 31.3 Å². The normalized spacial score (nSPS) is 12.7. The summed E-state index contributed by atoms with van der Waals surface area (Å²) >= 11 is 0. The minimum absolute atomic E-state index is 0.120. The Bertz CT molecular complexity index is 274. The van der Waals surface area contributed by atoms with Crippen LogP contribution in [0.15, 0.2) is 0 Å². The van der Waals surface area contributed by atoms with Crippen LogP contribution in [-0.4, -0.2) is 37.0 Å². The van der Waals surface area contributed by atoms with Crippen molar-refractivity contribution in [2.75, 3.05) is 20.2 Å². The number of methoxy groups -OCH3 is 1. The molecule has 4 heteroatoms. The third kappa shape index (κ3) is 6.62. The summed E-state index contributed by atoms with van der Waals surface area (Å²) in [5.74, 6) is 0.312. The van der Waals surface area contributed by atoms with Crippen LogP contribution in [0.5, 0.6) is 0 Å². The summed E-state index contributed by atoms with van der Waals surface area (Å²) in [6.45, 7) is 11.1. The second-order valence-electron chi connectivity index (χ2n) is 5.71. The molecule has 4 nitrogen and oxygen atoms in total. The molecule has 0 aliphatic rings. The molecular weight excluding hydrogens is 230 g/mol. The second kappa shape index (κ2) is 8.11. The van der Waals surface area contributed by atoms with Gasteiger partial charge in [0.1, 0.15) is 0 Å². The van der Waals surface area contributed by atoms with Gasteiger partial charge < -0.3 is 9.64 Å². The summed E-state index contributed by atoms with van der Waals surface area (Å²) in [7, 11) is 1.38. The zero-order valence-electron chi connectivity index (χ0n) is 12.5. The molecule has 1 unspecified atom stereocenters. The molecule has 0 heterocycles. The van der Waals surface area contributed by atoms with Crippen LogP contribution in [0.4, 0.5) is 0 Å². The summed E-state index contributed by atoms with van der Waals surface area (Å²) in [4.78, 5) is 25.3. The topological polar surface area (TPSA) is 46.6 Å². The Morgan fingerprint density at radius 1 is 1.00 bits per heavy atom. The van der Waals surface area contributed by atoms with Gasteiger partial charge in [0, 0.05) is 19.5 Å². The van der Waals surface area contributed by atoms with E-state index in [-0.39, 0.29) is 17.8 Å². The van der Waals surface area contributed by atoms with E-state index in [1.807, 2.05) is 13.8 Å². The molecule has 0 fully saturated rings. The van der Waals surface area contributed by atoms with Crippen molar-refractivity contribution < 1.29 is 14.3 Å². The van der Waals surface area contributed by atoms with Crippen molar-refractivity contribution in [3.63, 3.8) is 0 Å². The Balaban J connectivity index is 4.57. The number of carbonyl (C=O) groups is 2. The predicted octanol–water partition coefficient (Wildman–Crippen LogP) is 2.33. The number of nitrogens with zero attached hydrogens (tertiary/aromatic N) is 1. The van der Waals surface area contributed by atoms with E-state index in [1.54, 1.807) is 11.8 Å². The fraction of sp³-hybridized carbons (Fsp3) is 0.857. The minimum Gasteiger partial charge on any atom is -0.469 e. The standard InChI is InChI=1S/C14H27NO3/c1-10(2)7-13(16)15(8-11(3)4)9-12(5)14(17)18-6/h10-12H,7-9H2,1-6H3. The van der Waals surface area contributed by atoms with Gasteiger partial charge in [0.25, 0.3) is 0 Å². The molecule has 106 valence electrons. The van der Waals surface area contributed by atoms with Crippen molar-refractivity contribution >= 4 is 11.9 Å². The maximum atomic E-state index is 12.1.